The van der Waals surface area contributed by atoms with E-state index >= 15 is 0 Å². The second kappa shape index (κ2) is 7.72. The number of aryl methyl sites for hydroxylation is 2. The summed E-state index contributed by atoms with van der Waals surface area (Å²) in [5.41, 5.74) is 2.56. The van der Waals surface area contributed by atoms with E-state index in [1.807, 2.05) is 19.9 Å². The van der Waals surface area contributed by atoms with Crippen LogP contribution in [0.4, 0.5) is 5.69 Å². The van der Waals surface area contributed by atoms with Crippen LogP contribution in [-0.4, -0.2) is 15.9 Å². The van der Waals surface area contributed by atoms with Gasteiger partial charge in [-0.2, -0.15) is 0 Å². The first-order valence-corrected chi connectivity index (χ1v) is 8.53. The zero-order valence-electron chi connectivity index (χ0n) is 14.1. The summed E-state index contributed by atoms with van der Waals surface area (Å²) in [6, 6.07) is 13.8. The van der Waals surface area contributed by atoms with E-state index < -0.39 is 0 Å². The quantitative estimate of drug-likeness (QED) is 0.646. The van der Waals surface area contributed by atoms with Crippen molar-refractivity contribution in [2.75, 3.05) is 5.32 Å². The fraction of sp³-hybridized carbons (Fsp3) is 0.105. The molecule has 0 radical (unpaired) electrons. The van der Waals surface area contributed by atoms with Crippen LogP contribution >= 0.6 is 23.2 Å². The fourth-order valence-electron chi connectivity index (χ4n) is 2.32. The summed E-state index contributed by atoms with van der Waals surface area (Å²) in [6.07, 6.45) is 0. The Balaban J connectivity index is 1.71. The zero-order valence-corrected chi connectivity index (χ0v) is 15.6. The molecule has 0 saturated heterocycles. The van der Waals surface area contributed by atoms with Crippen molar-refractivity contribution in [2.24, 2.45) is 0 Å². The predicted octanol–water partition coefficient (Wildman–Crippen LogP) is 5.44. The first-order chi connectivity index (χ1) is 12.4. The highest BCUT2D eigenvalue weighted by Gasteiger charge is 2.11. The van der Waals surface area contributed by atoms with E-state index in [0.29, 0.717) is 27.0 Å². The number of ether oxygens (including phenoxy) is 1. The van der Waals surface area contributed by atoms with Gasteiger partial charge in [0, 0.05) is 22.1 Å². The van der Waals surface area contributed by atoms with Crippen LogP contribution in [0.5, 0.6) is 11.8 Å². The number of halogens is 2. The number of carbonyl (C=O) groups is 1. The number of benzene rings is 2. The van der Waals surface area contributed by atoms with E-state index in [2.05, 4.69) is 15.3 Å². The summed E-state index contributed by atoms with van der Waals surface area (Å²) in [6.45, 7) is 3.75. The zero-order chi connectivity index (χ0) is 18.7. The van der Waals surface area contributed by atoms with Gasteiger partial charge in [0.2, 0.25) is 0 Å². The number of amides is 1. The lowest BCUT2D eigenvalue weighted by molar-refractivity contribution is 0.102. The van der Waals surface area contributed by atoms with Crippen molar-refractivity contribution in [3.8, 4) is 11.8 Å². The molecule has 7 heteroatoms. The number of hydrogen-bond acceptors (Lipinski definition) is 4. The third kappa shape index (κ3) is 4.50. The van der Waals surface area contributed by atoms with Gasteiger partial charge in [-0.1, -0.05) is 23.2 Å². The highest BCUT2D eigenvalue weighted by molar-refractivity contribution is 6.36. The summed E-state index contributed by atoms with van der Waals surface area (Å²) in [7, 11) is 0. The summed E-state index contributed by atoms with van der Waals surface area (Å²) in [5, 5.41) is 3.54. The third-order valence-electron chi connectivity index (χ3n) is 3.46. The van der Waals surface area contributed by atoms with Gasteiger partial charge in [0.15, 0.2) is 0 Å². The molecule has 0 aliphatic carbocycles. The number of rotatable bonds is 4. The van der Waals surface area contributed by atoms with Crippen LogP contribution in [0.15, 0.2) is 48.5 Å². The van der Waals surface area contributed by atoms with Gasteiger partial charge in [-0.15, -0.1) is 0 Å². The van der Waals surface area contributed by atoms with Gasteiger partial charge in [-0.05, 0) is 62.4 Å². The standard InChI is InChI=1S/C19H15Cl2N3O2/c1-11-9-12(2)23-19(22-11)26-15-6-4-14(5-7-15)24-18(25)16-10-13(20)3-8-17(16)21/h3-10H,1-2H3,(H,24,25). The molecule has 0 aliphatic rings. The molecule has 3 rings (SSSR count). The second-order valence-electron chi connectivity index (χ2n) is 5.64. The summed E-state index contributed by atoms with van der Waals surface area (Å²) in [5.74, 6) is 0.220. The lowest BCUT2D eigenvalue weighted by Gasteiger charge is -2.09. The van der Waals surface area contributed by atoms with Crippen molar-refractivity contribution in [1.82, 2.24) is 9.97 Å². The number of nitrogens with zero attached hydrogens (tertiary/aromatic N) is 2. The Labute approximate surface area is 161 Å². The van der Waals surface area contributed by atoms with Gasteiger partial charge in [-0.3, -0.25) is 4.79 Å². The van der Waals surface area contributed by atoms with Crippen molar-refractivity contribution in [2.45, 2.75) is 13.8 Å². The van der Waals surface area contributed by atoms with Gasteiger partial charge in [0.25, 0.3) is 5.91 Å². The maximum absolute atomic E-state index is 12.3. The van der Waals surface area contributed by atoms with Gasteiger partial charge in [0.05, 0.1) is 10.6 Å². The van der Waals surface area contributed by atoms with E-state index in [0.717, 1.165) is 11.4 Å². The van der Waals surface area contributed by atoms with Crippen LogP contribution < -0.4 is 10.1 Å². The molecule has 0 saturated carbocycles. The normalized spacial score (nSPS) is 10.5. The van der Waals surface area contributed by atoms with Gasteiger partial charge < -0.3 is 10.1 Å². The molecule has 0 atom stereocenters. The molecule has 2 aromatic carbocycles. The molecule has 5 nitrogen and oxygen atoms in total. The molecule has 0 fully saturated rings. The average Bonchev–Trinajstić information content (AvgIpc) is 2.58. The monoisotopic (exact) mass is 387 g/mol. The van der Waals surface area contributed by atoms with Crippen LogP contribution in [0.3, 0.4) is 0 Å². The first kappa shape index (κ1) is 18.2. The van der Waals surface area contributed by atoms with E-state index in [4.69, 9.17) is 27.9 Å². The minimum Gasteiger partial charge on any atom is -0.424 e. The first-order valence-electron chi connectivity index (χ1n) is 7.77. The Hall–Kier alpha value is -2.63. The minimum atomic E-state index is -0.344. The molecule has 1 aromatic heterocycles. The second-order valence-corrected chi connectivity index (χ2v) is 6.48. The third-order valence-corrected chi connectivity index (χ3v) is 4.02. The summed E-state index contributed by atoms with van der Waals surface area (Å²) >= 11 is 12.0. The van der Waals surface area contributed by atoms with Crippen LogP contribution in [0.1, 0.15) is 21.7 Å². The molecule has 1 heterocycles. The highest BCUT2D eigenvalue weighted by Crippen LogP contribution is 2.24. The van der Waals surface area contributed by atoms with Crippen LogP contribution in [0, 0.1) is 13.8 Å². The van der Waals surface area contributed by atoms with Gasteiger partial charge >= 0.3 is 6.01 Å². The SMILES string of the molecule is Cc1cc(C)nc(Oc2ccc(NC(=O)c3cc(Cl)ccc3Cl)cc2)n1. The molecule has 3 aromatic rings. The topological polar surface area (TPSA) is 64.1 Å². The molecular weight excluding hydrogens is 373 g/mol. The molecule has 26 heavy (non-hydrogen) atoms. The summed E-state index contributed by atoms with van der Waals surface area (Å²) < 4.78 is 5.65. The van der Waals surface area contributed by atoms with Crippen molar-refractivity contribution in [3.63, 3.8) is 0 Å². The van der Waals surface area contributed by atoms with Gasteiger partial charge in [-0.25, -0.2) is 9.97 Å². The highest BCUT2D eigenvalue weighted by atomic mass is 35.5. The van der Waals surface area contributed by atoms with E-state index in [9.17, 15) is 4.79 Å². The molecule has 0 bridgehead atoms. The number of anilines is 1. The van der Waals surface area contributed by atoms with Crippen molar-refractivity contribution < 1.29 is 9.53 Å². The maximum atomic E-state index is 12.3. The lowest BCUT2D eigenvalue weighted by Crippen LogP contribution is -2.12. The van der Waals surface area contributed by atoms with Gasteiger partial charge in [0.1, 0.15) is 5.75 Å². The Bertz CT molecular complexity index is 939. The van der Waals surface area contributed by atoms with Crippen LogP contribution in [0.25, 0.3) is 0 Å². The van der Waals surface area contributed by atoms with E-state index in [1.165, 1.54) is 6.07 Å². The fourth-order valence-corrected chi connectivity index (χ4v) is 2.70. The Morgan fingerprint density at radius 1 is 0.962 bits per heavy atom. The molecule has 0 aliphatic heterocycles. The van der Waals surface area contributed by atoms with Crippen molar-refractivity contribution in [1.29, 1.82) is 0 Å². The van der Waals surface area contributed by atoms with E-state index in [1.54, 1.807) is 36.4 Å². The Kier molecular flexibility index (Phi) is 5.40. The molecular formula is C19H15Cl2N3O2. The largest absolute Gasteiger partial charge is 0.424 e. The Morgan fingerprint density at radius 3 is 2.27 bits per heavy atom. The maximum Gasteiger partial charge on any atom is 0.322 e. The minimum absolute atomic E-state index is 0.282. The number of carbonyl (C=O) groups excluding carboxylic acids is 1. The molecule has 1 amide bonds. The van der Waals surface area contributed by atoms with Crippen LogP contribution in [-0.2, 0) is 0 Å². The molecule has 0 unspecified atom stereocenters. The summed E-state index contributed by atoms with van der Waals surface area (Å²) in [4.78, 5) is 20.8. The number of aromatic nitrogens is 2. The smallest absolute Gasteiger partial charge is 0.322 e. The van der Waals surface area contributed by atoms with E-state index in [-0.39, 0.29) is 11.9 Å². The predicted molar refractivity (Wildman–Crippen MR) is 102 cm³/mol. The number of hydrogen-bond donors (Lipinski definition) is 1. The van der Waals surface area contributed by atoms with Crippen molar-refractivity contribution >= 4 is 34.8 Å². The number of nitrogens with one attached hydrogen (secondary N) is 1. The van der Waals surface area contributed by atoms with Crippen molar-refractivity contribution in [3.05, 3.63) is 75.5 Å². The molecule has 0 spiro atoms. The molecule has 132 valence electrons. The average molecular weight is 388 g/mol. The molecule has 1 N–H and O–H groups in total. The van der Waals surface area contributed by atoms with Crippen LogP contribution in [0.2, 0.25) is 10.0 Å². The lowest BCUT2D eigenvalue weighted by atomic mass is 10.2. The Morgan fingerprint density at radius 2 is 1.62 bits per heavy atom.